The third-order valence-corrected chi connectivity index (χ3v) is 5.45. The SMILES string of the molecule is C=C(C)C(=O)NC(C)c1nc2ccccc2n1CCOc1ccc(C(C)CC)cc1. The van der Waals surface area contributed by atoms with Gasteiger partial charge in [0.2, 0.25) is 5.91 Å². The largest absolute Gasteiger partial charge is 0.492 e. The Kier molecular flexibility index (Phi) is 6.93. The molecule has 0 radical (unpaired) electrons. The fourth-order valence-electron chi connectivity index (χ4n) is 3.43. The van der Waals surface area contributed by atoms with Crippen molar-refractivity contribution >= 4 is 16.9 Å². The molecule has 1 heterocycles. The van der Waals surface area contributed by atoms with Crippen LogP contribution < -0.4 is 10.1 Å². The van der Waals surface area contributed by atoms with Crippen LogP contribution in [0, 0.1) is 0 Å². The van der Waals surface area contributed by atoms with Gasteiger partial charge in [0.1, 0.15) is 18.2 Å². The van der Waals surface area contributed by atoms with E-state index in [0.29, 0.717) is 24.6 Å². The van der Waals surface area contributed by atoms with Gasteiger partial charge in [0.15, 0.2) is 0 Å². The van der Waals surface area contributed by atoms with Crippen LogP contribution in [-0.4, -0.2) is 22.1 Å². The highest BCUT2D eigenvalue weighted by molar-refractivity contribution is 5.92. The summed E-state index contributed by atoms with van der Waals surface area (Å²) in [5.41, 5.74) is 3.74. The standard InChI is InChI=1S/C25H31N3O2/c1-6-18(4)20-11-13-21(14-12-20)30-16-15-28-23-10-8-7-9-22(23)27-24(28)19(5)26-25(29)17(2)3/h7-14,18-19H,2,6,15-16H2,1,3-5H3,(H,26,29). The van der Waals surface area contributed by atoms with Crippen LogP contribution in [-0.2, 0) is 11.3 Å². The molecular formula is C25H31N3O2. The summed E-state index contributed by atoms with van der Waals surface area (Å²) in [5, 5.41) is 2.96. The lowest BCUT2D eigenvalue weighted by atomic mass is 9.99. The molecule has 0 aliphatic heterocycles. The maximum absolute atomic E-state index is 12.1. The van der Waals surface area contributed by atoms with Crippen LogP contribution in [0.5, 0.6) is 5.75 Å². The minimum atomic E-state index is -0.239. The highest BCUT2D eigenvalue weighted by Crippen LogP contribution is 2.23. The molecule has 0 saturated carbocycles. The van der Waals surface area contributed by atoms with E-state index in [-0.39, 0.29) is 11.9 Å². The van der Waals surface area contributed by atoms with Crippen molar-refractivity contribution in [3.63, 3.8) is 0 Å². The van der Waals surface area contributed by atoms with Gasteiger partial charge in [0.05, 0.1) is 23.6 Å². The molecule has 158 valence electrons. The van der Waals surface area contributed by atoms with Crippen molar-refractivity contribution in [3.8, 4) is 5.75 Å². The fraction of sp³-hybridized carbons (Fsp3) is 0.360. The maximum Gasteiger partial charge on any atom is 0.246 e. The van der Waals surface area contributed by atoms with Gasteiger partial charge < -0.3 is 14.6 Å². The predicted octanol–water partition coefficient (Wildman–Crippen LogP) is 5.38. The fourth-order valence-corrected chi connectivity index (χ4v) is 3.43. The minimum Gasteiger partial charge on any atom is -0.492 e. The summed E-state index contributed by atoms with van der Waals surface area (Å²) in [6.07, 6.45) is 1.12. The van der Waals surface area contributed by atoms with E-state index in [4.69, 9.17) is 9.72 Å². The number of nitrogens with one attached hydrogen (secondary N) is 1. The van der Waals surface area contributed by atoms with Gasteiger partial charge in [-0.1, -0.05) is 44.7 Å². The number of rotatable bonds is 9. The molecule has 5 nitrogen and oxygen atoms in total. The van der Waals surface area contributed by atoms with E-state index in [1.165, 1.54) is 5.56 Å². The van der Waals surface area contributed by atoms with Crippen LogP contribution in [0.25, 0.3) is 11.0 Å². The maximum atomic E-state index is 12.1. The van der Waals surface area contributed by atoms with Crippen LogP contribution in [0.4, 0.5) is 0 Å². The highest BCUT2D eigenvalue weighted by Gasteiger charge is 2.18. The highest BCUT2D eigenvalue weighted by atomic mass is 16.5. The van der Waals surface area contributed by atoms with Crippen molar-refractivity contribution in [2.45, 2.75) is 52.6 Å². The summed E-state index contributed by atoms with van der Waals surface area (Å²) in [6, 6.07) is 16.1. The van der Waals surface area contributed by atoms with Gasteiger partial charge in [0, 0.05) is 5.57 Å². The number of hydrogen-bond acceptors (Lipinski definition) is 3. The molecule has 3 aromatic rings. The summed E-state index contributed by atoms with van der Waals surface area (Å²) < 4.78 is 8.12. The van der Waals surface area contributed by atoms with E-state index < -0.39 is 0 Å². The molecule has 5 heteroatoms. The number of hydrogen-bond donors (Lipinski definition) is 1. The summed E-state index contributed by atoms with van der Waals surface area (Å²) in [5.74, 6) is 2.05. The van der Waals surface area contributed by atoms with E-state index in [1.807, 2.05) is 43.3 Å². The zero-order valence-electron chi connectivity index (χ0n) is 18.3. The normalized spacial score (nSPS) is 13.1. The van der Waals surface area contributed by atoms with Crippen molar-refractivity contribution in [1.29, 1.82) is 0 Å². The number of imidazole rings is 1. The van der Waals surface area contributed by atoms with Crippen molar-refractivity contribution < 1.29 is 9.53 Å². The van der Waals surface area contributed by atoms with Gasteiger partial charge in [-0.05, 0) is 56.0 Å². The first-order chi connectivity index (χ1) is 14.4. The second kappa shape index (κ2) is 9.61. The Balaban J connectivity index is 1.74. The number of ether oxygens (including phenoxy) is 1. The third-order valence-electron chi connectivity index (χ3n) is 5.45. The number of nitrogens with zero attached hydrogens (tertiary/aromatic N) is 2. The molecule has 0 bridgehead atoms. The number of para-hydroxylation sites is 2. The van der Waals surface area contributed by atoms with Gasteiger partial charge in [-0.15, -0.1) is 0 Å². The first-order valence-corrected chi connectivity index (χ1v) is 10.5. The lowest BCUT2D eigenvalue weighted by Gasteiger charge is -2.17. The second-order valence-corrected chi connectivity index (χ2v) is 7.81. The molecule has 1 amide bonds. The molecule has 0 aliphatic rings. The van der Waals surface area contributed by atoms with E-state index in [1.54, 1.807) is 6.92 Å². The Bertz CT molecular complexity index is 1020. The van der Waals surface area contributed by atoms with Crippen molar-refractivity contribution in [2.75, 3.05) is 6.61 Å². The third kappa shape index (κ3) is 4.90. The van der Waals surface area contributed by atoms with Gasteiger partial charge in [-0.3, -0.25) is 4.79 Å². The smallest absolute Gasteiger partial charge is 0.246 e. The predicted molar refractivity (Wildman–Crippen MR) is 122 cm³/mol. The van der Waals surface area contributed by atoms with E-state index in [9.17, 15) is 4.79 Å². The van der Waals surface area contributed by atoms with Crippen LogP contribution >= 0.6 is 0 Å². The van der Waals surface area contributed by atoms with Crippen LogP contribution in [0.2, 0.25) is 0 Å². The van der Waals surface area contributed by atoms with Crippen molar-refractivity contribution in [1.82, 2.24) is 14.9 Å². The topological polar surface area (TPSA) is 56.2 Å². The molecule has 0 fully saturated rings. The zero-order chi connectivity index (χ0) is 21.7. The summed E-state index contributed by atoms with van der Waals surface area (Å²) in [6.45, 7) is 12.9. The molecule has 2 unspecified atom stereocenters. The summed E-state index contributed by atoms with van der Waals surface area (Å²) in [4.78, 5) is 16.8. The number of aromatic nitrogens is 2. The molecule has 3 rings (SSSR count). The molecule has 1 aromatic heterocycles. The molecule has 30 heavy (non-hydrogen) atoms. The van der Waals surface area contributed by atoms with Crippen molar-refractivity contribution in [2.24, 2.45) is 0 Å². The molecule has 2 atom stereocenters. The Morgan fingerprint density at radius 2 is 1.87 bits per heavy atom. The average Bonchev–Trinajstić information content (AvgIpc) is 3.12. The lowest BCUT2D eigenvalue weighted by molar-refractivity contribution is -0.118. The quantitative estimate of drug-likeness (QED) is 0.486. The summed E-state index contributed by atoms with van der Waals surface area (Å²) >= 11 is 0. The monoisotopic (exact) mass is 405 g/mol. The van der Waals surface area contributed by atoms with E-state index in [0.717, 1.165) is 29.0 Å². The number of amides is 1. The Morgan fingerprint density at radius 1 is 1.17 bits per heavy atom. The molecule has 2 aromatic carbocycles. The van der Waals surface area contributed by atoms with Crippen LogP contribution in [0.15, 0.2) is 60.7 Å². The molecule has 1 N–H and O–H groups in total. The lowest BCUT2D eigenvalue weighted by Crippen LogP contribution is -2.29. The Morgan fingerprint density at radius 3 is 2.53 bits per heavy atom. The van der Waals surface area contributed by atoms with E-state index in [2.05, 4.69) is 42.4 Å². The van der Waals surface area contributed by atoms with Crippen LogP contribution in [0.3, 0.4) is 0 Å². The van der Waals surface area contributed by atoms with E-state index >= 15 is 0 Å². The molecular weight excluding hydrogens is 374 g/mol. The average molecular weight is 406 g/mol. The van der Waals surface area contributed by atoms with Gasteiger partial charge in [0.25, 0.3) is 0 Å². The van der Waals surface area contributed by atoms with Crippen LogP contribution in [0.1, 0.15) is 57.5 Å². The van der Waals surface area contributed by atoms with Crippen molar-refractivity contribution in [3.05, 3.63) is 72.1 Å². The number of benzene rings is 2. The molecule has 0 spiro atoms. The molecule has 0 saturated heterocycles. The Labute approximate surface area is 178 Å². The molecule has 0 aliphatic carbocycles. The second-order valence-electron chi connectivity index (χ2n) is 7.81. The number of carbonyl (C=O) groups is 1. The first kappa shape index (κ1) is 21.6. The van der Waals surface area contributed by atoms with Gasteiger partial charge in [-0.25, -0.2) is 4.98 Å². The first-order valence-electron chi connectivity index (χ1n) is 10.5. The Hall–Kier alpha value is -3.08. The van der Waals surface area contributed by atoms with Gasteiger partial charge >= 0.3 is 0 Å². The number of fused-ring (bicyclic) bond motifs is 1. The zero-order valence-corrected chi connectivity index (χ0v) is 18.3. The number of carbonyl (C=O) groups excluding carboxylic acids is 1. The minimum absolute atomic E-state index is 0.168. The summed E-state index contributed by atoms with van der Waals surface area (Å²) in [7, 11) is 0. The van der Waals surface area contributed by atoms with Gasteiger partial charge in [-0.2, -0.15) is 0 Å².